The molecule has 19 heavy (non-hydrogen) atoms. The fraction of sp³-hybridized carbons (Fsp3) is 0.533. The van der Waals surface area contributed by atoms with Crippen LogP contribution in [0.4, 0.5) is 0 Å². The van der Waals surface area contributed by atoms with E-state index in [9.17, 15) is 4.79 Å². The van der Waals surface area contributed by atoms with Gasteiger partial charge in [-0.05, 0) is 50.6 Å². The topological polar surface area (TPSA) is 50.4 Å². The summed E-state index contributed by atoms with van der Waals surface area (Å²) in [4.78, 5) is 12.2. The predicted molar refractivity (Wildman–Crippen MR) is 75.4 cm³/mol. The Balaban J connectivity index is 1.93. The molecule has 1 atom stereocenters. The summed E-state index contributed by atoms with van der Waals surface area (Å²) in [6, 6.07) is 8.00. The van der Waals surface area contributed by atoms with Crippen molar-refractivity contribution >= 4 is 5.91 Å². The number of methoxy groups -OCH3 is 1. The fourth-order valence-corrected chi connectivity index (χ4v) is 2.34. The summed E-state index contributed by atoms with van der Waals surface area (Å²) in [5, 5.41) is 6.43. The molecule has 0 aliphatic carbocycles. The number of piperidine rings is 1. The van der Waals surface area contributed by atoms with E-state index < -0.39 is 0 Å². The summed E-state index contributed by atoms with van der Waals surface area (Å²) in [7, 11) is 1.64. The van der Waals surface area contributed by atoms with E-state index in [-0.39, 0.29) is 11.8 Å². The van der Waals surface area contributed by atoms with Gasteiger partial charge in [0, 0.05) is 6.04 Å². The van der Waals surface area contributed by atoms with Crippen LogP contribution < -0.4 is 15.4 Å². The molecule has 1 aromatic carbocycles. The summed E-state index contributed by atoms with van der Waals surface area (Å²) < 4.78 is 5.12. The van der Waals surface area contributed by atoms with Crippen LogP contribution in [0.2, 0.25) is 0 Å². The van der Waals surface area contributed by atoms with Crippen LogP contribution in [0.15, 0.2) is 24.3 Å². The Kier molecular flexibility index (Phi) is 4.80. The summed E-state index contributed by atoms with van der Waals surface area (Å²) in [5.41, 5.74) is 1.02. The number of hydrogen-bond donors (Lipinski definition) is 2. The number of benzene rings is 1. The lowest BCUT2D eigenvalue weighted by molar-refractivity contribution is -0.123. The van der Waals surface area contributed by atoms with Crippen molar-refractivity contribution < 1.29 is 9.53 Å². The molecule has 1 aromatic rings. The Morgan fingerprint density at radius 2 is 1.95 bits per heavy atom. The highest BCUT2D eigenvalue weighted by Gasteiger charge is 2.20. The van der Waals surface area contributed by atoms with Crippen molar-refractivity contribution in [2.45, 2.75) is 31.7 Å². The number of nitrogens with one attached hydrogen (secondary N) is 2. The zero-order chi connectivity index (χ0) is 13.7. The molecular formula is C15H22N2O2. The van der Waals surface area contributed by atoms with Gasteiger partial charge < -0.3 is 15.4 Å². The molecular weight excluding hydrogens is 240 g/mol. The average molecular weight is 262 g/mol. The summed E-state index contributed by atoms with van der Waals surface area (Å²) in [6.45, 7) is 3.92. The maximum atomic E-state index is 12.2. The average Bonchev–Trinajstić information content (AvgIpc) is 2.47. The van der Waals surface area contributed by atoms with Gasteiger partial charge in [-0.25, -0.2) is 0 Å². The molecule has 4 heteroatoms. The summed E-state index contributed by atoms with van der Waals surface area (Å²) in [6.07, 6.45) is 2.03. The zero-order valence-electron chi connectivity index (χ0n) is 11.6. The van der Waals surface area contributed by atoms with Gasteiger partial charge in [0.2, 0.25) is 5.91 Å². The second-order valence-electron chi connectivity index (χ2n) is 5.03. The molecule has 0 aromatic heterocycles. The maximum absolute atomic E-state index is 12.2. The highest BCUT2D eigenvalue weighted by atomic mass is 16.5. The van der Waals surface area contributed by atoms with Gasteiger partial charge in [-0.3, -0.25) is 4.79 Å². The van der Waals surface area contributed by atoms with E-state index in [4.69, 9.17) is 4.74 Å². The van der Waals surface area contributed by atoms with Crippen LogP contribution >= 0.6 is 0 Å². The highest BCUT2D eigenvalue weighted by Crippen LogP contribution is 2.19. The first-order valence-corrected chi connectivity index (χ1v) is 6.85. The third-order valence-corrected chi connectivity index (χ3v) is 3.69. The molecule has 0 radical (unpaired) electrons. The van der Waals surface area contributed by atoms with E-state index in [1.165, 1.54) is 0 Å². The number of carbonyl (C=O) groups excluding carboxylic acids is 1. The lowest BCUT2D eigenvalue weighted by Gasteiger charge is -2.25. The largest absolute Gasteiger partial charge is 0.497 e. The molecule has 0 spiro atoms. The Hall–Kier alpha value is -1.55. The predicted octanol–water partition coefficient (Wildman–Crippen LogP) is 1.67. The van der Waals surface area contributed by atoms with Crippen molar-refractivity contribution in [1.29, 1.82) is 0 Å². The molecule has 1 aliphatic heterocycles. The van der Waals surface area contributed by atoms with Crippen molar-refractivity contribution in [2.75, 3.05) is 20.2 Å². The normalized spacial score (nSPS) is 17.8. The molecule has 1 fully saturated rings. The van der Waals surface area contributed by atoms with Gasteiger partial charge >= 0.3 is 0 Å². The van der Waals surface area contributed by atoms with Crippen molar-refractivity contribution in [3.63, 3.8) is 0 Å². The van der Waals surface area contributed by atoms with Crippen LogP contribution in [0.5, 0.6) is 5.75 Å². The second-order valence-corrected chi connectivity index (χ2v) is 5.03. The van der Waals surface area contributed by atoms with E-state index in [0.717, 1.165) is 37.2 Å². The molecule has 1 heterocycles. The van der Waals surface area contributed by atoms with Gasteiger partial charge in [0.1, 0.15) is 5.75 Å². The van der Waals surface area contributed by atoms with Crippen molar-refractivity contribution in [3.05, 3.63) is 29.8 Å². The molecule has 2 N–H and O–H groups in total. The molecule has 1 saturated heterocycles. The zero-order valence-corrected chi connectivity index (χ0v) is 11.6. The summed E-state index contributed by atoms with van der Waals surface area (Å²) >= 11 is 0. The minimum Gasteiger partial charge on any atom is -0.497 e. The number of ether oxygens (including phenoxy) is 1. The fourth-order valence-electron chi connectivity index (χ4n) is 2.34. The third-order valence-electron chi connectivity index (χ3n) is 3.69. The first-order chi connectivity index (χ1) is 9.20. The van der Waals surface area contributed by atoms with Crippen LogP contribution in [0.25, 0.3) is 0 Å². The van der Waals surface area contributed by atoms with Crippen LogP contribution in [0.3, 0.4) is 0 Å². The lowest BCUT2D eigenvalue weighted by Crippen LogP contribution is -2.44. The number of carbonyl (C=O) groups is 1. The molecule has 1 amide bonds. The molecule has 0 bridgehead atoms. The highest BCUT2D eigenvalue weighted by molar-refractivity contribution is 5.83. The van der Waals surface area contributed by atoms with Crippen LogP contribution in [0, 0.1) is 0 Å². The van der Waals surface area contributed by atoms with E-state index in [1.54, 1.807) is 7.11 Å². The molecule has 1 aliphatic rings. The van der Waals surface area contributed by atoms with E-state index in [2.05, 4.69) is 10.6 Å². The second kappa shape index (κ2) is 6.57. The van der Waals surface area contributed by atoms with E-state index in [1.807, 2.05) is 31.2 Å². The molecule has 104 valence electrons. The summed E-state index contributed by atoms with van der Waals surface area (Å²) in [5.74, 6) is 0.799. The first kappa shape index (κ1) is 13.9. The Bertz CT molecular complexity index is 411. The Morgan fingerprint density at radius 1 is 1.32 bits per heavy atom. The first-order valence-electron chi connectivity index (χ1n) is 6.85. The van der Waals surface area contributed by atoms with Crippen LogP contribution in [-0.2, 0) is 4.79 Å². The van der Waals surface area contributed by atoms with Gasteiger partial charge in [-0.1, -0.05) is 12.1 Å². The SMILES string of the molecule is COc1ccc(C(C)C(=O)NC2CCNCC2)cc1. The van der Waals surface area contributed by atoms with E-state index >= 15 is 0 Å². The molecule has 2 rings (SSSR count). The van der Waals surface area contributed by atoms with Gasteiger partial charge in [0.25, 0.3) is 0 Å². The Labute approximate surface area is 114 Å². The van der Waals surface area contributed by atoms with E-state index in [0.29, 0.717) is 6.04 Å². The van der Waals surface area contributed by atoms with Gasteiger partial charge in [0.15, 0.2) is 0 Å². The van der Waals surface area contributed by atoms with Gasteiger partial charge in [0.05, 0.1) is 13.0 Å². The van der Waals surface area contributed by atoms with Crippen LogP contribution in [0.1, 0.15) is 31.2 Å². The van der Waals surface area contributed by atoms with Crippen molar-refractivity contribution in [2.24, 2.45) is 0 Å². The quantitative estimate of drug-likeness (QED) is 0.868. The van der Waals surface area contributed by atoms with Crippen molar-refractivity contribution in [1.82, 2.24) is 10.6 Å². The minimum atomic E-state index is -0.124. The van der Waals surface area contributed by atoms with Gasteiger partial charge in [-0.2, -0.15) is 0 Å². The number of amides is 1. The number of hydrogen-bond acceptors (Lipinski definition) is 3. The molecule has 1 unspecified atom stereocenters. The number of rotatable bonds is 4. The Morgan fingerprint density at radius 3 is 2.53 bits per heavy atom. The lowest BCUT2D eigenvalue weighted by atomic mass is 9.98. The molecule has 0 saturated carbocycles. The van der Waals surface area contributed by atoms with Crippen LogP contribution in [-0.4, -0.2) is 32.1 Å². The monoisotopic (exact) mass is 262 g/mol. The molecule has 4 nitrogen and oxygen atoms in total. The third kappa shape index (κ3) is 3.70. The smallest absolute Gasteiger partial charge is 0.227 e. The minimum absolute atomic E-state index is 0.108. The van der Waals surface area contributed by atoms with Crippen molar-refractivity contribution in [3.8, 4) is 5.75 Å². The van der Waals surface area contributed by atoms with Gasteiger partial charge in [-0.15, -0.1) is 0 Å². The standard InChI is InChI=1S/C15H22N2O2/c1-11(12-3-5-14(19-2)6-4-12)15(18)17-13-7-9-16-10-8-13/h3-6,11,13,16H,7-10H2,1-2H3,(H,17,18). The maximum Gasteiger partial charge on any atom is 0.227 e.